The van der Waals surface area contributed by atoms with Crippen LogP contribution in [0, 0.1) is 13.8 Å². The van der Waals surface area contributed by atoms with E-state index < -0.39 is 6.10 Å². The quantitative estimate of drug-likeness (QED) is 0.864. The number of rotatable bonds is 5. The lowest BCUT2D eigenvalue weighted by Crippen LogP contribution is -2.21. The Morgan fingerprint density at radius 1 is 1.16 bits per heavy atom. The third kappa shape index (κ3) is 3.88. The lowest BCUT2D eigenvalue weighted by atomic mass is 10.1. The van der Waals surface area contributed by atoms with Crippen molar-refractivity contribution in [2.75, 3.05) is 6.54 Å². The summed E-state index contributed by atoms with van der Waals surface area (Å²) in [4.78, 5) is 4.24. The fraction of sp³-hybridized carbons (Fsp3) is 0.312. The van der Waals surface area contributed by atoms with Crippen molar-refractivity contribution < 1.29 is 5.11 Å². The van der Waals surface area contributed by atoms with Gasteiger partial charge in [0, 0.05) is 25.0 Å². The minimum atomic E-state index is -0.474. The zero-order valence-electron chi connectivity index (χ0n) is 11.4. The maximum Gasteiger partial charge on any atom is 0.0914 e. The van der Waals surface area contributed by atoms with Gasteiger partial charge in [0.1, 0.15) is 0 Å². The van der Waals surface area contributed by atoms with Gasteiger partial charge in [-0.1, -0.05) is 35.9 Å². The highest BCUT2D eigenvalue weighted by atomic mass is 16.3. The van der Waals surface area contributed by atoms with Gasteiger partial charge in [-0.3, -0.25) is 4.98 Å². The van der Waals surface area contributed by atoms with Crippen LogP contribution in [0.2, 0.25) is 0 Å². The molecule has 2 rings (SSSR count). The van der Waals surface area contributed by atoms with Crippen LogP contribution in [0.1, 0.15) is 28.5 Å². The highest BCUT2D eigenvalue weighted by Gasteiger charge is 2.06. The number of hydrogen-bond donors (Lipinski definition) is 2. The third-order valence-electron chi connectivity index (χ3n) is 3.23. The lowest BCUT2D eigenvalue weighted by molar-refractivity contribution is 0.174. The molecule has 0 aliphatic heterocycles. The predicted molar refractivity (Wildman–Crippen MR) is 76.8 cm³/mol. The number of aryl methyl sites for hydroxylation is 2. The lowest BCUT2D eigenvalue weighted by Gasteiger charge is -2.13. The van der Waals surface area contributed by atoms with Gasteiger partial charge in [0.05, 0.1) is 6.10 Å². The van der Waals surface area contributed by atoms with Crippen molar-refractivity contribution in [3.8, 4) is 0 Å². The summed E-state index contributed by atoms with van der Waals surface area (Å²) in [6, 6.07) is 12.0. The van der Waals surface area contributed by atoms with E-state index >= 15 is 0 Å². The Bertz CT molecular complexity index is 523. The standard InChI is InChI=1S/C16H20N2O/c1-12-5-7-14(8-6-12)16(19)11-17-10-15-4-3-9-18-13(15)2/h3-9,16-17,19H,10-11H2,1-2H3. The van der Waals surface area contributed by atoms with E-state index in [0.717, 1.165) is 17.8 Å². The first-order valence-electron chi connectivity index (χ1n) is 6.52. The number of aliphatic hydroxyl groups is 1. The van der Waals surface area contributed by atoms with Crippen LogP contribution in [-0.4, -0.2) is 16.6 Å². The maximum atomic E-state index is 10.1. The van der Waals surface area contributed by atoms with E-state index in [2.05, 4.69) is 10.3 Å². The van der Waals surface area contributed by atoms with Gasteiger partial charge in [-0.05, 0) is 31.0 Å². The molecule has 1 aromatic heterocycles. The second-order valence-electron chi connectivity index (χ2n) is 4.81. The second kappa shape index (κ2) is 6.45. The van der Waals surface area contributed by atoms with Crippen LogP contribution in [-0.2, 0) is 6.54 Å². The minimum Gasteiger partial charge on any atom is -0.387 e. The second-order valence-corrected chi connectivity index (χ2v) is 4.81. The average Bonchev–Trinajstić information content (AvgIpc) is 2.41. The zero-order chi connectivity index (χ0) is 13.7. The van der Waals surface area contributed by atoms with Crippen molar-refractivity contribution in [1.82, 2.24) is 10.3 Å². The summed E-state index contributed by atoms with van der Waals surface area (Å²) in [7, 11) is 0. The van der Waals surface area contributed by atoms with Gasteiger partial charge in [-0.2, -0.15) is 0 Å². The number of aliphatic hydroxyl groups excluding tert-OH is 1. The van der Waals surface area contributed by atoms with Crippen molar-refractivity contribution in [1.29, 1.82) is 0 Å². The normalized spacial score (nSPS) is 12.4. The molecule has 0 fully saturated rings. The molecule has 1 heterocycles. The fourth-order valence-corrected chi connectivity index (χ4v) is 1.95. The summed E-state index contributed by atoms with van der Waals surface area (Å²) in [5.74, 6) is 0. The van der Waals surface area contributed by atoms with Gasteiger partial charge in [-0.25, -0.2) is 0 Å². The summed E-state index contributed by atoms with van der Waals surface area (Å²) >= 11 is 0. The highest BCUT2D eigenvalue weighted by Crippen LogP contribution is 2.13. The Labute approximate surface area is 114 Å². The summed E-state index contributed by atoms with van der Waals surface area (Å²) in [6.45, 7) is 5.30. The number of hydrogen-bond acceptors (Lipinski definition) is 3. The molecule has 2 N–H and O–H groups in total. The summed E-state index contributed by atoms with van der Waals surface area (Å²) in [5, 5.41) is 13.3. The molecule has 19 heavy (non-hydrogen) atoms. The van der Waals surface area contributed by atoms with E-state index in [1.54, 1.807) is 6.20 Å². The molecule has 0 amide bonds. The van der Waals surface area contributed by atoms with Gasteiger partial charge in [0.2, 0.25) is 0 Å². The molecular weight excluding hydrogens is 236 g/mol. The summed E-state index contributed by atoms with van der Waals surface area (Å²) < 4.78 is 0. The van der Waals surface area contributed by atoms with Gasteiger partial charge in [-0.15, -0.1) is 0 Å². The van der Waals surface area contributed by atoms with Crippen LogP contribution in [0.4, 0.5) is 0 Å². The van der Waals surface area contributed by atoms with E-state index in [1.807, 2.05) is 50.2 Å². The van der Waals surface area contributed by atoms with Crippen LogP contribution in [0.25, 0.3) is 0 Å². The molecule has 1 unspecified atom stereocenters. The molecule has 100 valence electrons. The van der Waals surface area contributed by atoms with Gasteiger partial charge >= 0.3 is 0 Å². The van der Waals surface area contributed by atoms with Gasteiger partial charge < -0.3 is 10.4 Å². The first kappa shape index (κ1) is 13.7. The largest absolute Gasteiger partial charge is 0.387 e. The Morgan fingerprint density at radius 2 is 1.89 bits per heavy atom. The highest BCUT2D eigenvalue weighted by molar-refractivity contribution is 5.23. The molecule has 2 aromatic rings. The van der Waals surface area contributed by atoms with Crippen molar-refractivity contribution >= 4 is 0 Å². The molecule has 1 aromatic carbocycles. The Kier molecular flexibility index (Phi) is 4.66. The predicted octanol–water partition coefficient (Wildman–Crippen LogP) is 2.52. The fourth-order valence-electron chi connectivity index (χ4n) is 1.95. The van der Waals surface area contributed by atoms with E-state index in [-0.39, 0.29) is 0 Å². The minimum absolute atomic E-state index is 0.474. The van der Waals surface area contributed by atoms with Crippen LogP contribution < -0.4 is 5.32 Å². The smallest absolute Gasteiger partial charge is 0.0914 e. The molecule has 1 atom stereocenters. The molecule has 0 saturated carbocycles. The van der Waals surface area contributed by atoms with Crippen LogP contribution in [0.5, 0.6) is 0 Å². The maximum absolute atomic E-state index is 10.1. The molecule has 3 nitrogen and oxygen atoms in total. The first-order chi connectivity index (χ1) is 9.16. The van der Waals surface area contributed by atoms with Gasteiger partial charge in [0.25, 0.3) is 0 Å². The molecular formula is C16H20N2O. The molecule has 0 bridgehead atoms. The van der Waals surface area contributed by atoms with E-state index in [4.69, 9.17) is 0 Å². The third-order valence-corrected chi connectivity index (χ3v) is 3.23. The van der Waals surface area contributed by atoms with Crippen LogP contribution in [0.3, 0.4) is 0 Å². The molecule has 0 aliphatic carbocycles. The molecule has 0 saturated heterocycles. The van der Waals surface area contributed by atoms with Crippen molar-refractivity contribution in [3.05, 3.63) is 65.0 Å². The zero-order valence-corrected chi connectivity index (χ0v) is 11.4. The van der Waals surface area contributed by atoms with Gasteiger partial charge in [0.15, 0.2) is 0 Å². The number of benzene rings is 1. The van der Waals surface area contributed by atoms with Crippen LogP contribution >= 0.6 is 0 Å². The number of aromatic nitrogens is 1. The monoisotopic (exact) mass is 256 g/mol. The number of pyridine rings is 1. The number of nitrogens with one attached hydrogen (secondary N) is 1. The van der Waals surface area contributed by atoms with Crippen molar-refractivity contribution in [2.24, 2.45) is 0 Å². The Balaban J connectivity index is 1.86. The number of nitrogens with zero attached hydrogens (tertiary/aromatic N) is 1. The van der Waals surface area contributed by atoms with E-state index in [9.17, 15) is 5.11 Å². The topological polar surface area (TPSA) is 45.1 Å². The summed E-state index contributed by atoms with van der Waals surface area (Å²) in [6.07, 6.45) is 1.32. The van der Waals surface area contributed by atoms with Crippen molar-refractivity contribution in [3.63, 3.8) is 0 Å². The molecule has 0 radical (unpaired) electrons. The molecule has 0 aliphatic rings. The Morgan fingerprint density at radius 3 is 2.58 bits per heavy atom. The molecule has 0 spiro atoms. The first-order valence-corrected chi connectivity index (χ1v) is 6.52. The van der Waals surface area contributed by atoms with Crippen molar-refractivity contribution in [2.45, 2.75) is 26.5 Å². The molecule has 3 heteroatoms. The average molecular weight is 256 g/mol. The van der Waals surface area contributed by atoms with Crippen LogP contribution in [0.15, 0.2) is 42.6 Å². The summed E-state index contributed by atoms with van der Waals surface area (Å²) in [5.41, 5.74) is 4.34. The Hall–Kier alpha value is -1.71. The van der Waals surface area contributed by atoms with E-state index in [1.165, 1.54) is 11.1 Å². The SMILES string of the molecule is Cc1ccc(C(O)CNCc2cccnc2C)cc1. The van der Waals surface area contributed by atoms with E-state index in [0.29, 0.717) is 6.54 Å².